The summed E-state index contributed by atoms with van der Waals surface area (Å²) in [7, 11) is 0. The van der Waals surface area contributed by atoms with Crippen LogP contribution in [0.3, 0.4) is 0 Å². The highest BCUT2D eigenvalue weighted by molar-refractivity contribution is 7.17. The van der Waals surface area contributed by atoms with Crippen molar-refractivity contribution in [3.05, 3.63) is 16.0 Å². The van der Waals surface area contributed by atoms with Gasteiger partial charge in [0.2, 0.25) is 5.91 Å². The predicted molar refractivity (Wildman–Crippen MR) is 78.1 cm³/mol. The van der Waals surface area contributed by atoms with E-state index in [2.05, 4.69) is 5.32 Å². The molecule has 0 fully saturated rings. The second kappa shape index (κ2) is 6.39. The lowest BCUT2D eigenvalue weighted by atomic mass is 9.95. The molecule has 1 aliphatic rings. The maximum Gasteiger partial charge on any atom is 0.251 e. The van der Waals surface area contributed by atoms with E-state index in [0.29, 0.717) is 29.3 Å². The maximum atomic E-state index is 11.7. The van der Waals surface area contributed by atoms with Gasteiger partial charge in [0.1, 0.15) is 5.00 Å². The summed E-state index contributed by atoms with van der Waals surface area (Å²) in [5.74, 6) is -0.106. The molecule has 1 aliphatic carbocycles. The van der Waals surface area contributed by atoms with Crippen LogP contribution in [0.5, 0.6) is 0 Å². The number of nitrogens with two attached hydrogens (primary N) is 1. The van der Waals surface area contributed by atoms with E-state index in [1.165, 1.54) is 16.2 Å². The van der Waals surface area contributed by atoms with Gasteiger partial charge < -0.3 is 11.1 Å². The second-order valence-corrected chi connectivity index (χ2v) is 6.10. The Labute approximate surface area is 121 Å². The third-order valence-corrected chi connectivity index (χ3v) is 4.68. The lowest BCUT2D eigenvalue weighted by molar-refractivity contribution is -0.116. The van der Waals surface area contributed by atoms with Crippen molar-refractivity contribution in [1.29, 1.82) is 0 Å². The fourth-order valence-electron chi connectivity index (χ4n) is 2.33. The van der Waals surface area contributed by atoms with Gasteiger partial charge in [-0.1, -0.05) is 0 Å². The highest BCUT2D eigenvalue weighted by Crippen LogP contribution is 2.37. The molecule has 4 nitrogen and oxygen atoms in total. The molecule has 0 bridgehead atoms. The molecule has 1 heterocycles. The molecule has 3 N–H and O–H groups in total. The maximum absolute atomic E-state index is 11.7. The molecule has 0 unspecified atom stereocenters. The van der Waals surface area contributed by atoms with Crippen molar-refractivity contribution in [1.82, 2.24) is 0 Å². The monoisotopic (exact) mass is 300 g/mol. The summed E-state index contributed by atoms with van der Waals surface area (Å²) in [6, 6.07) is 0. The smallest absolute Gasteiger partial charge is 0.251 e. The van der Waals surface area contributed by atoms with E-state index >= 15 is 0 Å². The van der Waals surface area contributed by atoms with Gasteiger partial charge in [0.15, 0.2) is 0 Å². The zero-order valence-corrected chi connectivity index (χ0v) is 12.2. The largest absolute Gasteiger partial charge is 0.365 e. The van der Waals surface area contributed by atoms with Gasteiger partial charge in [-0.05, 0) is 37.7 Å². The van der Waals surface area contributed by atoms with Gasteiger partial charge in [-0.15, -0.1) is 22.9 Å². The van der Waals surface area contributed by atoms with E-state index < -0.39 is 5.91 Å². The number of thiophene rings is 1. The first-order valence-corrected chi connectivity index (χ1v) is 7.78. The van der Waals surface area contributed by atoms with Crippen LogP contribution in [0.15, 0.2) is 0 Å². The molecule has 104 valence electrons. The van der Waals surface area contributed by atoms with Crippen molar-refractivity contribution in [3.63, 3.8) is 0 Å². The van der Waals surface area contributed by atoms with Crippen molar-refractivity contribution >= 4 is 39.8 Å². The molecule has 2 rings (SSSR count). The fraction of sp³-hybridized carbons (Fsp3) is 0.538. The SMILES string of the molecule is NC(=O)c1c(NC(=O)CCCCl)sc2c1CCCC2. The van der Waals surface area contributed by atoms with Crippen LogP contribution in [0.1, 0.15) is 46.5 Å². The summed E-state index contributed by atoms with van der Waals surface area (Å²) >= 11 is 7.05. The Morgan fingerprint density at radius 3 is 2.74 bits per heavy atom. The first kappa shape index (κ1) is 14.3. The van der Waals surface area contributed by atoms with Crippen LogP contribution in [0.2, 0.25) is 0 Å². The summed E-state index contributed by atoms with van der Waals surface area (Å²) in [6.07, 6.45) is 5.04. The number of hydrogen-bond donors (Lipinski definition) is 2. The van der Waals surface area contributed by atoms with Gasteiger partial charge in [-0.25, -0.2) is 0 Å². The Hall–Kier alpha value is -1.07. The molecular weight excluding hydrogens is 284 g/mol. The minimum Gasteiger partial charge on any atom is -0.365 e. The van der Waals surface area contributed by atoms with Crippen molar-refractivity contribution in [2.45, 2.75) is 38.5 Å². The molecule has 19 heavy (non-hydrogen) atoms. The molecule has 2 amide bonds. The molecule has 0 aromatic carbocycles. The molecule has 1 aromatic rings. The number of alkyl halides is 1. The Morgan fingerprint density at radius 1 is 1.32 bits per heavy atom. The van der Waals surface area contributed by atoms with Gasteiger partial charge in [-0.3, -0.25) is 9.59 Å². The molecule has 0 spiro atoms. The molecule has 0 saturated heterocycles. The summed E-state index contributed by atoms with van der Waals surface area (Å²) in [6.45, 7) is 0. The zero-order valence-electron chi connectivity index (χ0n) is 10.6. The van der Waals surface area contributed by atoms with Crippen LogP contribution in [0, 0.1) is 0 Å². The first-order chi connectivity index (χ1) is 9.13. The normalized spacial score (nSPS) is 13.9. The van der Waals surface area contributed by atoms with Crippen molar-refractivity contribution in [2.75, 3.05) is 11.2 Å². The van der Waals surface area contributed by atoms with Gasteiger partial charge in [-0.2, -0.15) is 0 Å². The third-order valence-electron chi connectivity index (χ3n) is 3.21. The number of nitrogens with one attached hydrogen (secondary N) is 1. The molecule has 0 radical (unpaired) electrons. The van der Waals surface area contributed by atoms with E-state index in [-0.39, 0.29) is 5.91 Å². The topological polar surface area (TPSA) is 72.2 Å². The second-order valence-electron chi connectivity index (χ2n) is 4.62. The number of halogens is 1. The van der Waals surface area contributed by atoms with E-state index in [1.54, 1.807) is 0 Å². The molecule has 6 heteroatoms. The lowest BCUT2D eigenvalue weighted by Crippen LogP contribution is -2.18. The molecule has 0 saturated carbocycles. The van der Waals surface area contributed by atoms with Gasteiger partial charge >= 0.3 is 0 Å². The number of primary amides is 1. The average molecular weight is 301 g/mol. The van der Waals surface area contributed by atoms with Gasteiger partial charge in [0.25, 0.3) is 5.91 Å². The van der Waals surface area contributed by atoms with Crippen LogP contribution in [0.4, 0.5) is 5.00 Å². The Bertz CT molecular complexity index is 499. The van der Waals surface area contributed by atoms with E-state index in [9.17, 15) is 9.59 Å². The lowest BCUT2D eigenvalue weighted by Gasteiger charge is -2.11. The van der Waals surface area contributed by atoms with E-state index in [0.717, 1.165) is 31.2 Å². The molecule has 0 aliphatic heterocycles. The number of fused-ring (bicyclic) bond motifs is 1. The number of carbonyl (C=O) groups is 2. The van der Waals surface area contributed by atoms with Crippen molar-refractivity contribution in [2.24, 2.45) is 5.73 Å². The number of carbonyl (C=O) groups excluding carboxylic acids is 2. The van der Waals surface area contributed by atoms with Crippen molar-refractivity contribution < 1.29 is 9.59 Å². The number of rotatable bonds is 5. The summed E-state index contributed by atoms with van der Waals surface area (Å²) in [5, 5.41) is 3.41. The van der Waals surface area contributed by atoms with E-state index in [1.807, 2.05) is 0 Å². The van der Waals surface area contributed by atoms with E-state index in [4.69, 9.17) is 17.3 Å². The summed E-state index contributed by atoms with van der Waals surface area (Å²) in [5.41, 5.74) is 7.01. The minimum atomic E-state index is -0.452. The summed E-state index contributed by atoms with van der Waals surface area (Å²) < 4.78 is 0. The van der Waals surface area contributed by atoms with Crippen LogP contribution >= 0.6 is 22.9 Å². The van der Waals surface area contributed by atoms with Gasteiger partial charge in [0, 0.05) is 17.2 Å². The van der Waals surface area contributed by atoms with Crippen LogP contribution in [-0.2, 0) is 17.6 Å². The quantitative estimate of drug-likeness (QED) is 0.821. The summed E-state index contributed by atoms with van der Waals surface area (Å²) in [4.78, 5) is 24.5. The number of amides is 2. The molecule has 0 atom stereocenters. The molecule has 1 aromatic heterocycles. The zero-order chi connectivity index (χ0) is 13.8. The van der Waals surface area contributed by atoms with Crippen molar-refractivity contribution in [3.8, 4) is 0 Å². The first-order valence-electron chi connectivity index (χ1n) is 6.43. The highest BCUT2D eigenvalue weighted by Gasteiger charge is 2.24. The Kier molecular flexibility index (Phi) is 4.82. The highest BCUT2D eigenvalue weighted by atomic mass is 35.5. The van der Waals surface area contributed by atoms with Gasteiger partial charge in [0.05, 0.1) is 5.56 Å². The number of hydrogen-bond acceptors (Lipinski definition) is 3. The fourth-order valence-corrected chi connectivity index (χ4v) is 3.78. The minimum absolute atomic E-state index is 0.109. The van der Waals surface area contributed by atoms with Crippen LogP contribution < -0.4 is 11.1 Å². The Balaban J connectivity index is 2.22. The standard InChI is InChI=1S/C13H17ClN2O2S/c14-7-3-6-10(17)16-13-11(12(15)18)8-4-1-2-5-9(8)19-13/h1-7H2,(H2,15,18)(H,16,17). The molecular formula is C13H17ClN2O2S. The average Bonchev–Trinajstić information content (AvgIpc) is 2.74. The van der Waals surface area contributed by atoms with Crippen LogP contribution in [0.25, 0.3) is 0 Å². The number of aryl methyl sites for hydroxylation is 1. The Morgan fingerprint density at radius 2 is 2.05 bits per heavy atom. The third kappa shape index (κ3) is 3.28. The van der Waals surface area contributed by atoms with Crippen LogP contribution in [-0.4, -0.2) is 17.7 Å². The predicted octanol–water partition coefficient (Wildman–Crippen LogP) is 2.68. The number of anilines is 1.